The molecule has 0 fully saturated rings. The van der Waals surface area contributed by atoms with E-state index < -0.39 is 0 Å². The van der Waals surface area contributed by atoms with Crippen LogP contribution >= 0.6 is 45.5 Å². The van der Waals surface area contributed by atoms with E-state index in [1.54, 1.807) is 4.40 Å². The Morgan fingerprint density at radius 1 is 1.10 bits per heavy atom. The molecular weight excluding hydrogens is 531 g/mol. The highest BCUT2D eigenvalue weighted by atomic mass is 127. The lowest BCUT2D eigenvalue weighted by molar-refractivity contribution is 0.304. The molecule has 0 N–H and O–H groups in total. The second-order valence-corrected chi connectivity index (χ2v) is 9.28. The molecule has 4 nitrogen and oxygen atoms in total. The number of para-hydroxylation sites is 2. The van der Waals surface area contributed by atoms with Gasteiger partial charge in [0.05, 0.1) is 19.1 Å². The molecule has 0 bridgehead atoms. The molecule has 0 radical (unpaired) electrons. The number of aromatic nitrogens is 2. The Hall–Kier alpha value is -2.42. The monoisotopic (exact) mass is 544 g/mol. The van der Waals surface area contributed by atoms with Gasteiger partial charge in [-0.05, 0) is 64.6 Å². The fraction of sp³-hybridized carbons (Fsp3) is 0.0435. The largest absolute Gasteiger partial charge is 0.488 e. The number of ether oxygens (including phenoxy) is 1. The fourth-order valence-corrected chi connectivity index (χ4v) is 5.13. The second-order valence-electron chi connectivity index (χ2n) is 6.70. The van der Waals surface area contributed by atoms with Crippen LogP contribution in [0.5, 0.6) is 5.75 Å². The Labute approximate surface area is 194 Å². The van der Waals surface area contributed by atoms with Crippen molar-refractivity contribution in [3.8, 4) is 5.75 Å². The maximum atomic E-state index is 12.9. The lowest BCUT2D eigenvalue weighted by atomic mass is 10.2. The first-order chi connectivity index (χ1) is 14.6. The highest BCUT2D eigenvalue weighted by molar-refractivity contribution is 14.1. The smallest absolute Gasteiger partial charge is 0.274 e. The molecule has 0 atom stereocenters. The summed E-state index contributed by atoms with van der Waals surface area (Å²) in [5.74, 6) is 0.780. The van der Waals surface area contributed by atoms with Gasteiger partial charge in [-0.25, -0.2) is 9.38 Å². The molecule has 0 aliphatic rings. The van der Waals surface area contributed by atoms with E-state index in [1.165, 1.54) is 11.3 Å². The summed E-state index contributed by atoms with van der Waals surface area (Å²) in [6.07, 6.45) is 1.90. The average Bonchev–Trinajstić information content (AvgIpc) is 3.25. The summed E-state index contributed by atoms with van der Waals surface area (Å²) in [5, 5.41) is 0.690. The molecule has 0 saturated carbocycles. The van der Waals surface area contributed by atoms with Crippen LogP contribution < -0.4 is 14.8 Å². The van der Waals surface area contributed by atoms with Crippen molar-refractivity contribution in [1.82, 2.24) is 9.38 Å². The molecule has 5 aromatic rings. The summed E-state index contributed by atoms with van der Waals surface area (Å²) >= 11 is 9.84. The van der Waals surface area contributed by atoms with Crippen LogP contribution in [0.2, 0.25) is 5.02 Å². The molecule has 148 valence electrons. The molecule has 0 aliphatic heterocycles. The van der Waals surface area contributed by atoms with E-state index >= 15 is 0 Å². The van der Waals surface area contributed by atoms with Crippen molar-refractivity contribution in [2.75, 3.05) is 0 Å². The predicted octanol–water partition coefficient (Wildman–Crippen LogP) is 5.29. The Morgan fingerprint density at radius 3 is 2.73 bits per heavy atom. The Balaban J connectivity index is 1.46. The molecule has 0 unspecified atom stereocenters. The second kappa shape index (κ2) is 8.02. The van der Waals surface area contributed by atoms with E-state index in [1.807, 2.05) is 72.8 Å². The lowest BCUT2D eigenvalue weighted by Gasteiger charge is -2.10. The molecule has 7 heteroatoms. The van der Waals surface area contributed by atoms with Gasteiger partial charge in [-0.1, -0.05) is 59.3 Å². The third kappa shape index (κ3) is 3.59. The van der Waals surface area contributed by atoms with Gasteiger partial charge in [0.2, 0.25) is 0 Å². The summed E-state index contributed by atoms with van der Waals surface area (Å²) in [5.41, 5.74) is 3.51. The Kier molecular flexibility index (Phi) is 5.22. The number of thiazole rings is 1. The zero-order chi connectivity index (χ0) is 20.7. The van der Waals surface area contributed by atoms with E-state index in [4.69, 9.17) is 16.3 Å². The van der Waals surface area contributed by atoms with Crippen molar-refractivity contribution in [3.63, 3.8) is 0 Å². The van der Waals surface area contributed by atoms with Crippen molar-refractivity contribution in [1.29, 1.82) is 0 Å². The maximum Gasteiger partial charge on any atom is 0.274 e. The van der Waals surface area contributed by atoms with Crippen LogP contribution in [0.1, 0.15) is 11.1 Å². The Morgan fingerprint density at radius 2 is 1.90 bits per heavy atom. The van der Waals surface area contributed by atoms with Gasteiger partial charge >= 0.3 is 0 Å². The first-order valence-electron chi connectivity index (χ1n) is 9.17. The zero-order valence-electron chi connectivity index (χ0n) is 15.5. The van der Waals surface area contributed by atoms with Gasteiger partial charge in [0.1, 0.15) is 12.4 Å². The topological polar surface area (TPSA) is 43.6 Å². The third-order valence-corrected chi connectivity index (χ3v) is 6.92. The molecule has 3 aromatic carbocycles. The maximum absolute atomic E-state index is 12.9. The molecule has 2 aromatic heterocycles. The number of nitrogens with zero attached hydrogens (tertiary/aromatic N) is 2. The van der Waals surface area contributed by atoms with Crippen molar-refractivity contribution in [2.24, 2.45) is 0 Å². The van der Waals surface area contributed by atoms with Crippen molar-refractivity contribution < 1.29 is 4.74 Å². The SMILES string of the molecule is O=c1/c(=C/c2ccc(OCc3ccccc3Cl)c(I)c2)sc2nc3ccccc3n12. The first kappa shape index (κ1) is 19.5. The minimum Gasteiger partial charge on any atom is -0.488 e. The number of halogens is 2. The van der Waals surface area contributed by atoms with E-state index in [9.17, 15) is 4.79 Å². The van der Waals surface area contributed by atoms with Crippen molar-refractivity contribution in [3.05, 3.63) is 101 Å². The van der Waals surface area contributed by atoms with Gasteiger partial charge in [-0.3, -0.25) is 4.79 Å². The number of hydrogen-bond donors (Lipinski definition) is 0. The number of rotatable bonds is 4. The van der Waals surface area contributed by atoms with Crippen LogP contribution in [-0.4, -0.2) is 9.38 Å². The number of benzene rings is 3. The number of hydrogen-bond acceptors (Lipinski definition) is 4. The van der Waals surface area contributed by atoms with Gasteiger partial charge < -0.3 is 4.74 Å². The van der Waals surface area contributed by atoms with E-state index in [2.05, 4.69) is 27.6 Å². The molecule has 0 spiro atoms. The summed E-state index contributed by atoms with van der Waals surface area (Å²) in [6, 6.07) is 21.2. The van der Waals surface area contributed by atoms with Crippen LogP contribution in [0, 0.1) is 3.57 Å². The summed E-state index contributed by atoms with van der Waals surface area (Å²) in [4.78, 5) is 18.2. The molecule has 5 rings (SSSR count). The summed E-state index contributed by atoms with van der Waals surface area (Å²) < 4.78 is 9.24. The first-order valence-corrected chi connectivity index (χ1v) is 11.4. The molecule has 0 aliphatic carbocycles. The van der Waals surface area contributed by atoms with Crippen LogP contribution in [0.4, 0.5) is 0 Å². The third-order valence-electron chi connectivity index (χ3n) is 4.74. The normalized spacial score (nSPS) is 12.1. The molecule has 2 heterocycles. The van der Waals surface area contributed by atoms with Gasteiger partial charge in [0.25, 0.3) is 5.56 Å². The summed E-state index contributed by atoms with van der Waals surface area (Å²) in [7, 11) is 0. The van der Waals surface area contributed by atoms with Gasteiger partial charge in [0.15, 0.2) is 4.96 Å². The van der Waals surface area contributed by atoms with Gasteiger partial charge in [-0.15, -0.1) is 0 Å². The van der Waals surface area contributed by atoms with Crippen LogP contribution in [-0.2, 0) is 6.61 Å². The predicted molar refractivity (Wildman–Crippen MR) is 131 cm³/mol. The lowest BCUT2D eigenvalue weighted by Crippen LogP contribution is -2.22. The number of fused-ring (bicyclic) bond motifs is 3. The van der Waals surface area contributed by atoms with Gasteiger partial charge in [-0.2, -0.15) is 0 Å². The quantitative estimate of drug-likeness (QED) is 0.289. The molecule has 0 amide bonds. The van der Waals surface area contributed by atoms with E-state index in [0.717, 1.165) is 31.5 Å². The number of imidazole rings is 1. The van der Waals surface area contributed by atoms with Crippen LogP contribution in [0.3, 0.4) is 0 Å². The zero-order valence-corrected chi connectivity index (χ0v) is 19.2. The standard InChI is InChI=1S/C23H14ClIN2O2S/c24-16-6-2-1-5-15(16)13-29-20-10-9-14(11-17(20)25)12-21-22(28)27-19-8-4-3-7-18(19)26-23(27)30-21/h1-12H,13H2/b21-12-. The van der Waals surface area contributed by atoms with Crippen LogP contribution in [0.15, 0.2) is 71.5 Å². The van der Waals surface area contributed by atoms with Crippen molar-refractivity contribution >= 4 is 67.6 Å². The van der Waals surface area contributed by atoms with E-state index in [-0.39, 0.29) is 5.56 Å². The van der Waals surface area contributed by atoms with Gasteiger partial charge in [0, 0.05) is 10.6 Å². The molecule has 30 heavy (non-hydrogen) atoms. The average molecular weight is 545 g/mol. The summed E-state index contributed by atoms with van der Waals surface area (Å²) in [6.45, 7) is 0.401. The minimum atomic E-state index is -0.0437. The van der Waals surface area contributed by atoms with Crippen LogP contribution in [0.25, 0.3) is 22.1 Å². The highest BCUT2D eigenvalue weighted by Crippen LogP contribution is 2.25. The Bertz CT molecular complexity index is 1510. The highest BCUT2D eigenvalue weighted by Gasteiger charge is 2.11. The fourth-order valence-electron chi connectivity index (χ4n) is 3.26. The van der Waals surface area contributed by atoms with Crippen molar-refractivity contribution in [2.45, 2.75) is 6.61 Å². The minimum absolute atomic E-state index is 0.0437. The molecular formula is C23H14ClIN2O2S. The molecule has 0 saturated heterocycles. The van der Waals surface area contributed by atoms with E-state index in [0.29, 0.717) is 21.1 Å².